The van der Waals surface area contributed by atoms with Crippen molar-refractivity contribution >= 4 is 34.6 Å². The number of benzene rings is 2. The smallest absolute Gasteiger partial charge is 0.338 e. The minimum atomic E-state index is -0.440. The molecule has 0 saturated heterocycles. The maximum absolute atomic E-state index is 12.2. The summed E-state index contributed by atoms with van der Waals surface area (Å²) in [4.78, 5) is 12.2. The molecule has 0 aliphatic rings. The lowest BCUT2D eigenvalue weighted by atomic mass is 9.97. The van der Waals surface area contributed by atoms with Crippen molar-refractivity contribution in [1.82, 2.24) is 0 Å². The van der Waals surface area contributed by atoms with Gasteiger partial charge < -0.3 is 9.15 Å². The molecule has 2 aromatic carbocycles. The van der Waals surface area contributed by atoms with E-state index in [1.807, 2.05) is 37.3 Å². The van der Waals surface area contributed by atoms with E-state index in [1.54, 1.807) is 24.3 Å². The van der Waals surface area contributed by atoms with Gasteiger partial charge in [-0.25, -0.2) is 4.79 Å². The standard InChI is InChI=1S/C21H17ClO3/c1-4-5-9-19-13(2)15-7-6-8-17(20(15)25-19)16-11-10-14(22)12-18(16)21(23)24-3/h4-12H,1H2,2-3H3/b9-5-. The molecule has 0 spiro atoms. The van der Waals surface area contributed by atoms with E-state index >= 15 is 0 Å². The highest BCUT2D eigenvalue weighted by Gasteiger charge is 2.19. The predicted octanol–water partition coefficient (Wildman–Crippen LogP) is 6.05. The van der Waals surface area contributed by atoms with Gasteiger partial charge in [0.2, 0.25) is 0 Å². The molecule has 126 valence electrons. The second-order valence-electron chi connectivity index (χ2n) is 5.55. The van der Waals surface area contributed by atoms with Gasteiger partial charge >= 0.3 is 5.97 Å². The molecule has 3 aromatic rings. The summed E-state index contributed by atoms with van der Waals surface area (Å²) in [6, 6.07) is 11.0. The molecule has 0 N–H and O–H groups in total. The first-order chi connectivity index (χ1) is 12.1. The van der Waals surface area contributed by atoms with Gasteiger partial charge in [0.25, 0.3) is 0 Å². The zero-order valence-corrected chi connectivity index (χ0v) is 14.8. The zero-order valence-electron chi connectivity index (χ0n) is 14.0. The first-order valence-corrected chi connectivity index (χ1v) is 8.14. The zero-order chi connectivity index (χ0) is 18.0. The molecular weight excluding hydrogens is 336 g/mol. The number of ether oxygens (including phenoxy) is 1. The fraction of sp³-hybridized carbons (Fsp3) is 0.0952. The van der Waals surface area contributed by atoms with Crippen molar-refractivity contribution < 1.29 is 13.9 Å². The van der Waals surface area contributed by atoms with Gasteiger partial charge in [-0.1, -0.05) is 54.6 Å². The average molecular weight is 353 g/mol. The largest absolute Gasteiger partial charge is 0.465 e. The number of methoxy groups -OCH3 is 1. The minimum absolute atomic E-state index is 0.403. The number of rotatable bonds is 4. The van der Waals surface area contributed by atoms with E-state index in [-0.39, 0.29) is 0 Å². The van der Waals surface area contributed by atoms with Crippen molar-refractivity contribution in [2.24, 2.45) is 0 Å². The number of carbonyl (C=O) groups is 1. The van der Waals surface area contributed by atoms with Crippen LogP contribution in [0.25, 0.3) is 28.2 Å². The van der Waals surface area contributed by atoms with E-state index < -0.39 is 5.97 Å². The first kappa shape index (κ1) is 17.1. The molecule has 3 nitrogen and oxygen atoms in total. The Morgan fingerprint density at radius 3 is 2.76 bits per heavy atom. The van der Waals surface area contributed by atoms with Gasteiger partial charge in [0, 0.05) is 27.1 Å². The Bertz CT molecular complexity index is 996. The molecule has 0 atom stereocenters. The lowest BCUT2D eigenvalue weighted by molar-refractivity contribution is 0.0601. The number of hydrogen-bond acceptors (Lipinski definition) is 3. The van der Waals surface area contributed by atoms with E-state index in [9.17, 15) is 4.79 Å². The van der Waals surface area contributed by atoms with E-state index in [2.05, 4.69) is 6.58 Å². The molecule has 0 aliphatic carbocycles. The lowest BCUT2D eigenvalue weighted by Gasteiger charge is -2.09. The summed E-state index contributed by atoms with van der Waals surface area (Å²) in [5, 5.41) is 1.47. The second-order valence-corrected chi connectivity index (χ2v) is 5.99. The fourth-order valence-electron chi connectivity index (χ4n) is 2.82. The summed E-state index contributed by atoms with van der Waals surface area (Å²) in [6.07, 6.45) is 5.39. The minimum Gasteiger partial charge on any atom is -0.465 e. The number of carbonyl (C=O) groups excluding carboxylic acids is 1. The molecule has 0 radical (unpaired) electrons. The summed E-state index contributed by atoms with van der Waals surface area (Å²) in [6.45, 7) is 5.68. The summed E-state index contributed by atoms with van der Waals surface area (Å²) in [5.41, 5.74) is 3.69. The topological polar surface area (TPSA) is 39.4 Å². The molecule has 1 aromatic heterocycles. The van der Waals surface area contributed by atoms with Crippen molar-refractivity contribution in [3.05, 3.63) is 77.0 Å². The molecule has 0 unspecified atom stereocenters. The Morgan fingerprint density at radius 2 is 2.04 bits per heavy atom. The first-order valence-electron chi connectivity index (χ1n) is 7.76. The van der Waals surface area contributed by atoms with E-state index in [0.29, 0.717) is 10.6 Å². The maximum Gasteiger partial charge on any atom is 0.338 e. The molecule has 4 heteroatoms. The number of fused-ring (bicyclic) bond motifs is 1. The van der Waals surface area contributed by atoms with Gasteiger partial charge in [-0.2, -0.15) is 0 Å². The van der Waals surface area contributed by atoms with Crippen LogP contribution in [0.5, 0.6) is 0 Å². The van der Waals surface area contributed by atoms with Crippen LogP contribution < -0.4 is 0 Å². The third-order valence-electron chi connectivity index (χ3n) is 4.06. The van der Waals surface area contributed by atoms with Crippen LogP contribution in [0.15, 0.2) is 59.5 Å². The van der Waals surface area contributed by atoms with Crippen LogP contribution in [0.4, 0.5) is 0 Å². The molecule has 1 heterocycles. The Kier molecular flexibility index (Phi) is 4.77. The average Bonchev–Trinajstić information content (AvgIpc) is 2.95. The summed E-state index contributed by atoms with van der Waals surface area (Å²) < 4.78 is 11.0. The van der Waals surface area contributed by atoms with Crippen LogP contribution >= 0.6 is 11.6 Å². The highest BCUT2D eigenvalue weighted by Crippen LogP contribution is 2.36. The summed E-state index contributed by atoms with van der Waals surface area (Å²) in [7, 11) is 1.35. The number of esters is 1. The Balaban J connectivity index is 2.28. The van der Waals surface area contributed by atoms with Gasteiger partial charge in [0.05, 0.1) is 12.7 Å². The molecule has 25 heavy (non-hydrogen) atoms. The molecule has 0 fully saturated rings. The third-order valence-corrected chi connectivity index (χ3v) is 4.30. The predicted molar refractivity (Wildman–Crippen MR) is 102 cm³/mol. The molecule has 0 saturated carbocycles. The number of aryl methyl sites for hydroxylation is 1. The van der Waals surface area contributed by atoms with Gasteiger partial charge in [0.15, 0.2) is 0 Å². The lowest BCUT2D eigenvalue weighted by Crippen LogP contribution is -2.03. The quantitative estimate of drug-likeness (QED) is 0.424. The second kappa shape index (κ2) is 6.99. The molecular formula is C21H17ClO3. The van der Waals surface area contributed by atoms with Crippen LogP contribution in [-0.4, -0.2) is 13.1 Å². The van der Waals surface area contributed by atoms with Crippen LogP contribution in [0.1, 0.15) is 21.7 Å². The SMILES string of the molecule is C=C/C=C\c1oc2c(-c3ccc(Cl)cc3C(=O)OC)cccc2c1C. The van der Waals surface area contributed by atoms with E-state index in [0.717, 1.165) is 33.4 Å². The summed E-state index contributed by atoms with van der Waals surface area (Å²) in [5.74, 6) is 0.320. The van der Waals surface area contributed by atoms with E-state index in [4.69, 9.17) is 20.8 Å². The number of hydrogen-bond donors (Lipinski definition) is 0. The number of allylic oxidation sites excluding steroid dienone is 2. The summed E-state index contributed by atoms with van der Waals surface area (Å²) >= 11 is 6.06. The number of halogens is 1. The highest BCUT2D eigenvalue weighted by atomic mass is 35.5. The number of para-hydroxylation sites is 1. The van der Waals surface area contributed by atoms with Crippen LogP contribution in [0.3, 0.4) is 0 Å². The monoisotopic (exact) mass is 352 g/mol. The molecule has 3 rings (SSSR count). The molecule has 0 aliphatic heterocycles. The molecule has 0 amide bonds. The van der Waals surface area contributed by atoms with Crippen LogP contribution in [0, 0.1) is 6.92 Å². The fourth-order valence-corrected chi connectivity index (χ4v) is 2.99. The van der Waals surface area contributed by atoms with Gasteiger partial charge in [-0.05, 0) is 25.1 Å². The maximum atomic E-state index is 12.2. The van der Waals surface area contributed by atoms with E-state index in [1.165, 1.54) is 7.11 Å². The molecule has 0 bridgehead atoms. The van der Waals surface area contributed by atoms with Gasteiger partial charge in [-0.3, -0.25) is 0 Å². The normalized spacial score (nSPS) is 11.2. The van der Waals surface area contributed by atoms with Crippen molar-refractivity contribution in [3.8, 4) is 11.1 Å². The van der Waals surface area contributed by atoms with Crippen LogP contribution in [0.2, 0.25) is 5.02 Å². The Morgan fingerprint density at radius 1 is 1.24 bits per heavy atom. The number of furan rings is 1. The third kappa shape index (κ3) is 3.11. The van der Waals surface area contributed by atoms with Crippen molar-refractivity contribution in [2.45, 2.75) is 6.92 Å². The van der Waals surface area contributed by atoms with Gasteiger partial charge in [-0.15, -0.1) is 0 Å². The Hall–Kier alpha value is -2.78. The van der Waals surface area contributed by atoms with Crippen molar-refractivity contribution in [3.63, 3.8) is 0 Å². The highest BCUT2D eigenvalue weighted by molar-refractivity contribution is 6.31. The van der Waals surface area contributed by atoms with Crippen molar-refractivity contribution in [2.75, 3.05) is 7.11 Å². The van der Waals surface area contributed by atoms with Crippen LogP contribution in [-0.2, 0) is 4.74 Å². The van der Waals surface area contributed by atoms with Gasteiger partial charge in [0.1, 0.15) is 11.3 Å². The van der Waals surface area contributed by atoms with Crippen molar-refractivity contribution in [1.29, 1.82) is 0 Å². The Labute approximate surface area is 151 Å².